The predicted octanol–water partition coefficient (Wildman–Crippen LogP) is 19.9. The van der Waals surface area contributed by atoms with Gasteiger partial charge in [0.05, 0.1) is 25.4 Å². The van der Waals surface area contributed by atoms with Crippen LogP contribution in [-0.2, 0) is 14.3 Å². The third-order valence-corrected chi connectivity index (χ3v) is 17.9. The summed E-state index contributed by atoms with van der Waals surface area (Å²) < 4.78 is 11.4. The van der Waals surface area contributed by atoms with Crippen LogP contribution in [0.1, 0.15) is 386 Å². The zero-order chi connectivity index (χ0) is 58.6. The summed E-state index contributed by atoms with van der Waals surface area (Å²) in [7, 11) is 0. The number of aliphatic hydroxyl groups excluding tert-OH is 5. The van der Waals surface area contributed by atoms with Crippen LogP contribution < -0.4 is 5.32 Å². The predicted molar refractivity (Wildman–Crippen MR) is 346 cm³/mol. The first-order valence-electron chi connectivity index (χ1n) is 36.4. The smallest absolute Gasteiger partial charge is 0.220 e. The van der Waals surface area contributed by atoms with Gasteiger partial charge in [-0.25, -0.2) is 0 Å². The standard InChI is InChI=1S/C72H141NO8/c1-3-5-7-9-11-13-15-17-19-21-23-25-27-29-30-31-32-33-34-35-36-38-40-42-44-46-48-50-52-54-56-58-60-62-68(76)73-65(64-80-72-71(79)70(78)69(77)67(63-74)81-72)66(75)61-59-57-55-53-51-49-47-45-43-41-39-37-28-26-24-22-20-18-16-14-12-10-8-6-4-2/h21,23,65-67,69-72,74-75,77-79H,3-20,22,24-64H2,1-2H3,(H,73,76)/b23-21-. The Hall–Kier alpha value is -1.07. The van der Waals surface area contributed by atoms with E-state index in [9.17, 15) is 30.3 Å². The molecule has 0 spiro atoms. The average molecular weight is 1150 g/mol. The summed E-state index contributed by atoms with van der Waals surface area (Å²) >= 11 is 0. The fourth-order valence-electron chi connectivity index (χ4n) is 12.2. The molecule has 1 fully saturated rings. The van der Waals surface area contributed by atoms with Gasteiger partial charge in [0.25, 0.3) is 0 Å². The first-order valence-corrected chi connectivity index (χ1v) is 36.4. The van der Waals surface area contributed by atoms with E-state index in [1.54, 1.807) is 0 Å². The molecule has 0 aliphatic carbocycles. The van der Waals surface area contributed by atoms with E-state index in [1.165, 1.54) is 321 Å². The molecule has 0 aromatic heterocycles. The largest absolute Gasteiger partial charge is 0.394 e. The fourth-order valence-corrected chi connectivity index (χ4v) is 12.2. The van der Waals surface area contributed by atoms with Crippen molar-refractivity contribution >= 4 is 5.91 Å². The van der Waals surface area contributed by atoms with E-state index in [2.05, 4.69) is 31.3 Å². The van der Waals surface area contributed by atoms with Crippen molar-refractivity contribution < 1.29 is 39.8 Å². The lowest BCUT2D eigenvalue weighted by atomic mass is 9.99. The molecule has 7 unspecified atom stereocenters. The maximum absolute atomic E-state index is 13.2. The van der Waals surface area contributed by atoms with Gasteiger partial charge in [0.2, 0.25) is 5.91 Å². The van der Waals surface area contributed by atoms with E-state index in [-0.39, 0.29) is 12.5 Å². The molecule has 482 valence electrons. The highest BCUT2D eigenvalue weighted by atomic mass is 16.7. The molecule has 0 radical (unpaired) electrons. The number of rotatable bonds is 65. The Bertz CT molecular complexity index is 1280. The highest BCUT2D eigenvalue weighted by Crippen LogP contribution is 2.24. The number of aliphatic hydroxyl groups is 5. The molecule has 0 aromatic rings. The molecule has 1 saturated heterocycles. The Morgan fingerprint density at radius 3 is 1.00 bits per heavy atom. The maximum Gasteiger partial charge on any atom is 0.220 e. The topological polar surface area (TPSA) is 149 Å². The second-order valence-electron chi connectivity index (χ2n) is 25.7. The second-order valence-corrected chi connectivity index (χ2v) is 25.7. The molecule has 1 amide bonds. The van der Waals surface area contributed by atoms with E-state index in [0.717, 1.165) is 38.5 Å². The number of carbonyl (C=O) groups excluding carboxylic acids is 1. The third-order valence-electron chi connectivity index (χ3n) is 17.9. The van der Waals surface area contributed by atoms with E-state index in [0.29, 0.717) is 12.8 Å². The Morgan fingerprint density at radius 1 is 0.407 bits per heavy atom. The van der Waals surface area contributed by atoms with Crippen LogP contribution in [0.3, 0.4) is 0 Å². The average Bonchev–Trinajstić information content (AvgIpc) is 3.50. The van der Waals surface area contributed by atoms with E-state index >= 15 is 0 Å². The van der Waals surface area contributed by atoms with Crippen molar-refractivity contribution in [3.63, 3.8) is 0 Å². The Kier molecular flexibility index (Phi) is 59.7. The van der Waals surface area contributed by atoms with Crippen LogP contribution in [0.4, 0.5) is 0 Å². The SMILES string of the molecule is CCCCCCCCCC/C=C\CCCCCCCCCCCCCCCCCCCCCCCC(=O)NC(COC1OC(CO)C(O)C(O)C1O)C(O)CCCCCCCCCCCCCCCCCCCCCCCCCCC. The summed E-state index contributed by atoms with van der Waals surface area (Å²) in [6.45, 7) is 3.90. The Labute approximate surface area is 503 Å². The van der Waals surface area contributed by atoms with Crippen molar-refractivity contribution in [3.8, 4) is 0 Å². The lowest BCUT2D eigenvalue weighted by Crippen LogP contribution is -2.60. The minimum Gasteiger partial charge on any atom is -0.394 e. The van der Waals surface area contributed by atoms with Gasteiger partial charge in [0, 0.05) is 6.42 Å². The van der Waals surface area contributed by atoms with Crippen molar-refractivity contribution in [3.05, 3.63) is 12.2 Å². The van der Waals surface area contributed by atoms with E-state index < -0.39 is 49.5 Å². The number of hydrogen-bond donors (Lipinski definition) is 6. The highest BCUT2D eigenvalue weighted by Gasteiger charge is 2.44. The van der Waals surface area contributed by atoms with Crippen molar-refractivity contribution in [1.82, 2.24) is 5.32 Å². The normalized spacial score (nSPS) is 18.3. The summed E-state index contributed by atoms with van der Waals surface area (Å²) in [5, 5.41) is 55.0. The summed E-state index contributed by atoms with van der Waals surface area (Å²) in [4.78, 5) is 13.2. The number of amides is 1. The van der Waals surface area contributed by atoms with Gasteiger partial charge in [-0.1, -0.05) is 353 Å². The summed E-state index contributed by atoms with van der Waals surface area (Å²) in [6, 6.07) is -0.717. The van der Waals surface area contributed by atoms with Crippen LogP contribution in [0.25, 0.3) is 0 Å². The molecule has 1 aliphatic rings. The van der Waals surface area contributed by atoms with Crippen molar-refractivity contribution in [2.24, 2.45) is 0 Å². The first-order chi connectivity index (χ1) is 39.8. The van der Waals surface area contributed by atoms with Crippen LogP contribution in [0.5, 0.6) is 0 Å². The molecule has 0 aromatic carbocycles. The molecular formula is C72H141NO8. The number of ether oxygens (including phenoxy) is 2. The Morgan fingerprint density at radius 2 is 0.691 bits per heavy atom. The van der Waals surface area contributed by atoms with Gasteiger partial charge in [-0.3, -0.25) is 4.79 Å². The fraction of sp³-hybridized carbons (Fsp3) is 0.958. The van der Waals surface area contributed by atoms with Gasteiger partial charge in [-0.2, -0.15) is 0 Å². The number of nitrogens with one attached hydrogen (secondary N) is 1. The zero-order valence-corrected chi connectivity index (χ0v) is 54.1. The summed E-state index contributed by atoms with van der Waals surface area (Å²) in [5.41, 5.74) is 0. The molecule has 1 heterocycles. The minimum absolute atomic E-state index is 0.131. The van der Waals surface area contributed by atoms with Gasteiger partial charge in [-0.15, -0.1) is 0 Å². The third kappa shape index (κ3) is 50.8. The molecule has 9 heteroatoms. The van der Waals surface area contributed by atoms with Gasteiger partial charge < -0.3 is 40.3 Å². The molecular weight excluding hydrogens is 1010 g/mol. The van der Waals surface area contributed by atoms with E-state index in [4.69, 9.17) is 9.47 Å². The molecule has 81 heavy (non-hydrogen) atoms. The van der Waals surface area contributed by atoms with Gasteiger partial charge >= 0.3 is 0 Å². The number of hydrogen-bond acceptors (Lipinski definition) is 8. The van der Waals surface area contributed by atoms with Crippen molar-refractivity contribution in [2.75, 3.05) is 13.2 Å². The number of allylic oxidation sites excluding steroid dienone is 2. The van der Waals surface area contributed by atoms with Crippen LogP contribution in [0.15, 0.2) is 12.2 Å². The monoisotopic (exact) mass is 1150 g/mol. The number of carbonyl (C=O) groups is 1. The summed E-state index contributed by atoms with van der Waals surface area (Å²) in [6.07, 6.45) is 72.9. The molecule has 1 rings (SSSR count). The molecule has 7 atom stereocenters. The quantitative estimate of drug-likeness (QED) is 0.0261. The minimum atomic E-state index is -1.55. The van der Waals surface area contributed by atoms with Gasteiger partial charge in [0.15, 0.2) is 6.29 Å². The van der Waals surface area contributed by atoms with Crippen LogP contribution in [0.2, 0.25) is 0 Å². The van der Waals surface area contributed by atoms with Crippen LogP contribution >= 0.6 is 0 Å². The highest BCUT2D eigenvalue weighted by molar-refractivity contribution is 5.76. The molecule has 1 aliphatic heterocycles. The zero-order valence-electron chi connectivity index (χ0n) is 54.1. The lowest BCUT2D eigenvalue weighted by Gasteiger charge is -2.40. The molecule has 0 bridgehead atoms. The second kappa shape index (κ2) is 62.0. The molecule has 6 N–H and O–H groups in total. The van der Waals surface area contributed by atoms with Gasteiger partial charge in [0.1, 0.15) is 24.4 Å². The molecule has 0 saturated carbocycles. The summed E-state index contributed by atoms with van der Waals surface area (Å²) in [5.74, 6) is -0.134. The molecule has 9 nitrogen and oxygen atoms in total. The maximum atomic E-state index is 13.2. The first kappa shape index (κ1) is 77.9. The van der Waals surface area contributed by atoms with Crippen molar-refractivity contribution in [1.29, 1.82) is 0 Å². The van der Waals surface area contributed by atoms with Crippen LogP contribution in [0, 0.1) is 0 Å². The number of unbranched alkanes of at least 4 members (excludes halogenated alkanes) is 53. The Balaban J connectivity index is 2.07. The van der Waals surface area contributed by atoms with Gasteiger partial charge in [-0.05, 0) is 38.5 Å². The van der Waals surface area contributed by atoms with E-state index in [1.807, 2.05) is 0 Å². The lowest BCUT2D eigenvalue weighted by molar-refractivity contribution is -0.302. The van der Waals surface area contributed by atoms with Crippen molar-refractivity contribution in [2.45, 2.75) is 429 Å². The van der Waals surface area contributed by atoms with Crippen LogP contribution in [-0.4, -0.2) is 87.5 Å².